The van der Waals surface area contributed by atoms with Gasteiger partial charge in [-0.1, -0.05) is 0 Å². The third kappa shape index (κ3) is 5.74. The van der Waals surface area contributed by atoms with E-state index in [2.05, 4.69) is 10.0 Å². The van der Waals surface area contributed by atoms with Gasteiger partial charge < -0.3 is 10.4 Å². The van der Waals surface area contributed by atoms with Gasteiger partial charge in [0.2, 0.25) is 10.0 Å². The van der Waals surface area contributed by atoms with Crippen LogP contribution in [-0.4, -0.2) is 50.5 Å². The number of benzene rings is 1. The summed E-state index contributed by atoms with van der Waals surface area (Å²) in [5.74, 6) is -0.747. The van der Waals surface area contributed by atoms with E-state index in [9.17, 15) is 18.0 Å². The van der Waals surface area contributed by atoms with Gasteiger partial charge in [0.1, 0.15) is 0 Å². The van der Waals surface area contributed by atoms with Crippen LogP contribution in [0.1, 0.15) is 10.4 Å². The molecule has 9 heteroatoms. The molecule has 0 aliphatic rings. The van der Waals surface area contributed by atoms with Gasteiger partial charge in [0.15, 0.2) is 0 Å². The number of rotatable bonds is 8. The Morgan fingerprint density at radius 1 is 1.24 bits per heavy atom. The van der Waals surface area contributed by atoms with Crippen molar-refractivity contribution in [2.45, 2.75) is 4.90 Å². The molecule has 0 spiro atoms. The first-order valence-electron chi connectivity index (χ1n) is 5.98. The van der Waals surface area contributed by atoms with Crippen LogP contribution in [0.2, 0.25) is 0 Å². The molecule has 1 amide bonds. The fourth-order valence-corrected chi connectivity index (χ4v) is 2.70. The van der Waals surface area contributed by atoms with Gasteiger partial charge in [-0.25, -0.2) is 13.1 Å². The van der Waals surface area contributed by atoms with Gasteiger partial charge in [0.05, 0.1) is 10.6 Å². The molecule has 116 valence electrons. The van der Waals surface area contributed by atoms with Crippen molar-refractivity contribution < 1.29 is 23.1 Å². The fourth-order valence-electron chi connectivity index (χ4n) is 1.40. The van der Waals surface area contributed by atoms with Gasteiger partial charge in [-0.15, -0.1) is 11.8 Å². The van der Waals surface area contributed by atoms with E-state index in [1.807, 2.05) is 0 Å². The maximum absolute atomic E-state index is 11.8. The Bertz CT molecular complexity index is 599. The lowest BCUT2D eigenvalue weighted by molar-refractivity contribution is -0.133. The highest BCUT2D eigenvalue weighted by Gasteiger charge is 2.12. The Hall–Kier alpha value is -1.58. The zero-order valence-electron chi connectivity index (χ0n) is 11.3. The number of aliphatic carboxylic acids is 1. The third-order valence-electron chi connectivity index (χ3n) is 2.45. The van der Waals surface area contributed by atoms with Crippen LogP contribution in [0.25, 0.3) is 0 Å². The number of hydrogen-bond donors (Lipinski definition) is 3. The van der Waals surface area contributed by atoms with E-state index in [4.69, 9.17) is 5.11 Å². The van der Waals surface area contributed by atoms with E-state index in [0.29, 0.717) is 17.9 Å². The van der Waals surface area contributed by atoms with Gasteiger partial charge in [0, 0.05) is 17.9 Å². The molecule has 1 aromatic rings. The molecule has 0 aliphatic carbocycles. The number of carbonyl (C=O) groups excluding carboxylic acids is 1. The molecule has 0 aromatic heterocycles. The third-order valence-corrected chi connectivity index (χ3v) is 4.83. The van der Waals surface area contributed by atoms with Crippen molar-refractivity contribution in [3.05, 3.63) is 29.8 Å². The highest BCUT2D eigenvalue weighted by Crippen LogP contribution is 2.10. The van der Waals surface area contributed by atoms with Crippen molar-refractivity contribution in [1.29, 1.82) is 0 Å². The molecule has 7 nitrogen and oxygen atoms in total. The first kappa shape index (κ1) is 17.5. The summed E-state index contributed by atoms with van der Waals surface area (Å²) in [5, 5.41) is 11.1. The second kappa shape index (κ2) is 8.01. The van der Waals surface area contributed by atoms with Crippen LogP contribution in [0.5, 0.6) is 0 Å². The molecule has 0 radical (unpaired) electrons. The van der Waals surface area contributed by atoms with Crippen LogP contribution >= 0.6 is 11.8 Å². The quantitative estimate of drug-likeness (QED) is 0.584. The lowest BCUT2D eigenvalue weighted by Crippen LogP contribution is -2.26. The molecule has 0 atom stereocenters. The van der Waals surface area contributed by atoms with Gasteiger partial charge in [0.25, 0.3) is 5.91 Å². The number of thioether (sulfide) groups is 1. The highest BCUT2D eigenvalue weighted by atomic mass is 32.2. The molecule has 21 heavy (non-hydrogen) atoms. The van der Waals surface area contributed by atoms with Crippen LogP contribution in [0.4, 0.5) is 0 Å². The minimum atomic E-state index is -3.51. The molecule has 0 saturated carbocycles. The maximum Gasteiger partial charge on any atom is 0.313 e. The van der Waals surface area contributed by atoms with Crippen molar-refractivity contribution >= 4 is 33.7 Å². The van der Waals surface area contributed by atoms with Crippen molar-refractivity contribution in [1.82, 2.24) is 10.0 Å². The number of carbonyl (C=O) groups is 2. The topological polar surface area (TPSA) is 113 Å². The van der Waals surface area contributed by atoms with Crippen molar-refractivity contribution in [3.8, 4) is 0 Å². The molecule has 1 rings (SSSR count). The second-order valence-corrected chi connectivity index (χ2v) is 6.93. The summed E-state index contributed by atoms with van der Waals surface area (Å²) in [6.07, 6.45) is 0. The molecule has 1 aromatic carbocycles. The van der Waals surface area contributed by atoms with Gasteiger partial charge in [-0.3, -0.25) is 9.59 Å². The molecule has 0 saturated heterocycles. The number of nitrogens with one attached hydrogen (secondary N) is 2. The minimum Gasteiger partial charge on any atom is -0.481 e. The molecule has 3 N–H and O–H groups in total. The zero-order valence-corrected chi connectivity index (χ0v) is 13.0. The molecular formula is C12H16N2O5S2. The smallest absolute Gasteiger partial charge is 0.313 e. The van der Waals surface area contributed by atoms with Crippen LogP contribution in [0, 0.1) is 0 Å². The van der Waals surface area contributed by atoms with Gasteiger partial charge >= 0.3 is 5.97 Å². The van der Waals surface area contributed by atoms with Crippen LogP contribution in [-0.2, 0) is 14.8 Å². The number of carboxylic acid groups (broad SMARTS) is 1. The van der Waals surface area contributed by atoms with Crippen molar-refractivity contribution in [3.63, 3.8) is 0 Å². The summed E-state index contributed by atoms with van der Waals surface area (Å²) < 4.78 is 25.2. The van der Waals surface area contributed by atoms with Crippen molar-refractivity contribution in [2.75, 3.05) is 25.1 Å². The van der Waals surface area contributed by atoms with Crippen LogP contribution < -0.4 is 10.0 Å². The standard InChI is InChI=1S/C12H16N2O5S2/c1-13-21(18,19)10-4-2-9(3-5-10)12(17)14-6-7-20-8-11(15)16/h2-5,13H,6-8H2,1H3,(H,14,17)(H,15,16). The lowest BCUT2D eigenvalue weighted by atomic mass is 10.2. The number of amides is 1. The summed E-state index contributed by atoms with van der Waals surface area (Å²) in [5.41, 5.74) is 0.341. The summed E-state index contributed by atoms with van der Waals surface area (Å²) in [7, 11) is -2.20. The fraction of sp³-hybridized carbons (Fsp3) is 0.333. The second-order valence-electron chi connectivity index (χ2n) is 3.93. The van der Waals surface area contributed by atoms with Crippen LogP contribution in [0.3, 0.4) is 0 Å². The Balaban J connectivity index is 2.50. The number of sulfonamides is 1. The maximum atomic E-state index is 11.8. The average Bonchev–Trinajstić information content (AvgIpc) is 2.46. The average molecular weight is 332 g/mol. The summed E-state index contributed by atoms with van der Waals surface area (Å²) >= 11 is 1.21. The number of carboxylic acids is 1. The van der Waals surface area contributed by atoms with E-state index in [1.54, 1.807) is 0 Å². The molecule has 0 heterocycles. The molecule has 0 fully saturated rings. The Morgan fingerprint density at radius 2 is 1.86 bits per heavy atom. The predicted molar refractivity (Wildman–Crippen MR) is 80.0 cm³/mol. The Morgan fingerprint density at radius 3 is 2.38 bits per heavy atom. The van der Waals surface area contributed by atoms with E-state index in [-0.39, 0.29) is 16.6 Å². The number of hydrogen-bond acceptors (Lipinski definition) is 5. The lowest BCUT2D eigenvalue weighted by Gasteiger charge is -2.06. The van der Waals surface area contributed by atoms with Gasteiger partial charge in [-0.2, -0.15) is 0 Å². The SMILES string of the molecule is CNS(=O)(=O)c1ccc(C(=O)NCCSCC(=O)O)cc1. The van der Waals surface area contributed by atoms with E-state index in [0.717, 1.165) is 0 Å². The largest absolute Gasteiger partial charge is 0.481 e. The van der Waals surface area contributed by atoms with Crippen molar-refractivity contribution in [2.24, 2.45) is 0 Å². The van der Waals surface area contributed by atoms with E-state index in [1.165, 1.54) is 43.1 Å². The van der Waals surface area contributed by atoms with E-state index < -0.39 is 16.0 Å². The zero-order chi connectivity index (χ0) is 15.9. The van der Waals surface area contributed by atoms with E-state index >= 15 is 0 Å². The summed E-state index contributed by atoms with van der Waals surface area (Å²) in [6, 6.07) is 5.54. The minimum absolute atomic E-state index is 0.00750. The monoisotopic (exact) mass is 332 g/mol. The molecule has 0 aliphatic heterocycles. The highest BCUT2D eigenvalue weighted by molar-refractivity contribution is 7.99. The molecule has 0 bridgehead atoms. The Labute approximate surface area is 127 Å². The summed E-state index contributed by atoms with van der Waals surface area (Å²) in [6.45, 7) is 0.341. The molecule has 0 unspecified atom stereocenters. The first-order valence-corrected chi connectivity index (χ1v) is 8.62. The summed E-state index contributed by atoms with van der Waals surface area (Å²) in [4.78, 5) is 22.1. The normalized spacial score (nSPS) is 11.1. The molecular weight excluding hydrogens is 316 g/mol. The van der Waals surface area contributed by atoms with Gasteiger partial charge in [-0.05, 0) is 31.3 Å². The Kier molecular flexibility index (Phi) is 6.66. The first-order chi connectivity index (χ1) is 9.86. The predicted octanol–water partition coefficient (Wildman–Crippen LogP) is 0.142. The van der Waals surface area contributed by atoms with Crippen LogP contribution in [0.15, 0.2) is 29.2 Å².